The molecule has 4 heteroatoms. The number of anilines is 1. The maximum absolute atomic E-state index is 12.3. The van der Waals surface area contributed by atoms with Gasteiger partial charge in [0.15, 0.2) is 0 Å². The number of hydrogen-bond acceptors (Lipinski definition) is 2. The second-order valence-corrected chi connectivity index (χ2v) is 4.95. The molecule has 3 nitrogen and oxygen atoms in total. The molecule has 0 heterocycles. The van der Waals surface area contributed by atoms with Crippen LogP contribution in [-0.2, 0) is 0 Å². The molecule has 0 saturated carbocycles. The Hall–Kier alpha value is -2.12. The Morgan fingerprint density at radius 3 is 2.21 bits per heavy atom. The van der Waals surface area contributed by atoms with E-state index >= 15 is 0 Å². The van der Waals surface area contributed by atoms with Gasteiger partial charge in [-0.15, -0.1) is 0 Å². The van der Waals surface area contributed by atoms with E-state index in [0.29, 0.717) is 11.1 Å². The van der Waals surface area contributed by atoms with Crippen LogP contribution in [-0.4, -0.2) is 13.0 Å². The van der Waals surface area contributed by atoms with Crippen molar-refractivity contribution >= 4 is 27.5 Å². The van der Waals surface area contributed by atoms with E-state index in [1.54, 1.807) is 48.3 Å². The van der Waals surface area contributed by atoms with E-state index in [9.17, 15) is 4.79 Å². The first kappa shape index (κ1) is 13.3. The third-order valence-corrected chi connectivity index (χ3v) is 3.31. The molecule has 0 aromatic heterocycles. The molecular weight excluding hydrogens is 304 g/mol. The van der Waals surface area contributed by atoms with Gasteiger partial charge in [0.2, 0.25) is 0 Å². The van der Waals surface area contributed by atoms with Crippen LogP contribution >= 0.6 is 15.9 Å². The smallest absolute Gasteiger partial charge is 0.258 e. The molecule has 2 aromatic carbocycles. The van der Waals surface area contributed by atoms with Gasteiger partial charge in [-0.1, -0.05) is 15.9 Å². The van der Waals surface area contributed by atoms with E-state index in [1.165, 1.54) is 0 Å². The van der Waals surface area contributed by atoms with Gasteiger partial charge < -0.3 is 4.90 Å². The Labute approximate surface area is 120 Å². The van der Waals surface area contributed by atoms with Gasteiger partial charge in [-0.3, -0.25) is 4.79 Å². The number of benzene rings is 2. The largest absolute Gasteiger partial charge is 0.311 e. The summed E-state index contributed by atoms with van der Waals surface area (Å²) in [5.41, 5.74) is 1.95. The van der Waals surface area contributed by atoms with Gasteiger partial charge in [0, 0.05) is 22.8 Å². The number of amides is 1. The van der Waals surface area contributed by atoms with E-state index in [4.69, 9.17) is 5.26 Å². The van der Waals surface area contributed by atoms with Gasteiger partial charge >= 0.3 is 0 Å². The molecule has 0 spiro atoms. The summed E-state index contributed by atoms with van der Waals surface area (Å²) in [5.74, 6) is -0.0859. The summed E-state index contributed by atoms with van der Waals surface area (Å²) in [5, 5.41) is 8.75. The highest BCUT2D eigenvalue weighted by atomic mass is 79.9. The number of carbonyl (C=O) groups is 1. The van der Waals surface area contributed by atoms with Gasteiger partial charge in [-0.05, 0) is 48.5 Å². The van der Waals surface area contributed by atoms with Crippen molar-refractivity contribution < 1.29 is 4.79 Å². The summed E-state index contributed by atoms with van der Waals surface area (Å²) < 4.78 is 0.935. The number of nitriles is 1. The lowest BCUT2D eigenvalue weighted by atomic mass is 10.1. The Kier molecular flexibility index (Phi) is 3.98. The van der Waals surface area contributed by atoms with Gasteiger partial charge in [-0.25, -0.2) is 0 Å². The minimum absolute atomic E-state index is 0.0859. The molecule has 0 aliphatic rings. The monoisotopic (exact) mass is 314 g/mol. The van der Waals surface area contributed by atoms with Crippen LogP contribution in [0.3, 0.4) is 0 Å². The van der Waals surface area contributed by atoms with Crippen molar-refractivity contribution in [2.24, 2.45) is 0 Å². The van der Waals surface area contributed by atoms with Gasteiger partial charge in [0.25, 0.3) is 5.91 Å². The quantitative estimate of drug-likeness (QED) is 0.850. The van der Waals surface area contributed by atoms with E-state index in [-0.39, 0.29) is 5.91 Å². The molecule has 19 heavy (non-hydrogen) atoms. The van der Waals surface area contributed by atoms with Crippen molar-refractivity contribution in [1.29, 1.82) is 5.26 Å². The number of halogens is 1. The highest BCUT2D eigenvalue weighted by Gasteiger charge is 2.13. The Balaban J connectivity index is 2.23. The first-order chi connectivity index (χ1) is 9.11. The van der Waals surface area contributed by atoms with Gasteiger partial charge in [0.1, 0.15) is 0 Å². The molecule has 1 amide bonds. The van der Waals surface area contributed by atoms with Crippen molar-refractivity contribution in [3.05, 3.63) is 64.1 Å². The third kappa shape index (κ3) is 3.01. The third-order valence-electron chi connectivity index (χ3n) is 2.78. The lowest BCUT2D eigenvalue weighted by molar-refractivity contribution is 0.0993. The van der Waals surface area contributed by atoms with Crippen LogP contribution in [0.4, 0.5) is 5.69 Å². The van der Waals surface area contributed by atoms with Crippen molar-refractivity contribution in [1.82, 2.24) is 0 Å². The van der Waals surface area contributed by atoms with E-state index in [0.717, 1.165) is 10.2 Å². The molecule has 0 saturated heterocycles. The fourth-order valence-corrected chi connectivity index (χ4v) is 1.93. The summed E-state index contributed by atoms with van der Waals surface area (Å²) in [7, 11) is 1.71. The molecule has 0 radical (unpaired) electrons. The second kappa shape index (κ2) is 5.68. The molecule has 2 rings (SSSR count). The molecule has 0 aliphatic heterocycles. The van der Waals surface area contributed by atoms with Crippen molar-refractivity contribution in [2.75, 3.05) is 11.9 Å². The van der Waals surface area contributed by atoms with E-state index in [1.807, 2.05) is 12.1 Å². The van der Waals surface area contributed by atoms with Crippen LogP contribution in [0.25, 0.3) is 0 Å². The van der Waals surface area contributed by atoms with Crippen molar-refractivity contribution in [2.45, 2.75) is 0 Å². The average Bonchev–Trinajstić information content (AvgIpc) is 2.46. The molecule has 0 atom stereocenters. The SMILES string of the molecule is CN(C(=O)c1ccc(Br)cc1)c1ccc(C#N)cc1. The summed E-state index contributed by atoms with van der Waals surface area (Å²) in [6.45, 7) is 0. The van der Waals surface area contributed by atoms with Crippen LogP contribution in [0, 0.1) is 11.3 Å². The topological polar surface area (TPSA) is 44.1 Å². The molecule has 0 N–H and O–H groups in total. The molecule has 0 unspecified atom stereocenters. The van der Waals surface area contributed by atoms with Crippen LogP contribution in [0.2, 0.25) is 0 Å². The van der Waals surface area contributed by atoms with Crippen LogP contribution in [0.1, 0.15) is 15.9 Å². The molecule has 0 fully saturated rings. The number of hydrogen-bond donors (Lipinski definition) is 0. The first-order valence-corrected chi connectivity index (χ1v) is 6.45. The van der Waals surface area contributed by atoms with Gasteiger partial charge in [-0.2, -0.15) is 5.26 Å². The van der Waals surface area contributed by atoms with E-state index < -0.39 is 0 Å². The molecule has 2 aromatic rings. The second-order valence-electron chi connectivity index (χ2n) is 4.03. The zero-order valence-corrected chi connectivity index (χ0v) is 11.9. The fourth-order valence-electron chi connectivity index (χ4n) is 1.66. The zero-order valence-electron chi connectivity index (χ0n) is 10.3. The van der Waals surface area contributed by atoms with Crippen LogP contribution in [0.5, 0.6) is 0 Å². The predicted octanol–water partition coefficient (Wildman–Crippen LogP) is 3.60. The summed E-state index contributed by atoms with van der Waals surface area (Å²) in [6.07, 6.45) is 0. The number of nitrogens with zero attached hydrogens (tertiary/aromatic N) is 2. The van der Waals surface area contributed by atoms with Crippen LogP contribution < -0.4 is 4.90 Å². The average molecular weight is 315 g/mol. The van der Waals surface area contributed by atoms with Crippen molar-refractivity contribution in [3.63, 3.8) is 0 Å². The highest BCUT2D eigenvalue weighted by Crippen LogP contribution is 2.17. The lowest BCUT2D eigenvalue weighted by Gasteiger charge is -2.17. The van der Waals surface area contributed by atoms with Crippen molar-refractivity contribution in [3.8, 4) is 6.07 Å². The highest BCUT2D eigenvalue weighted by molar-refractivity contribution is 9.10. The maximum Gasteiger partial charge on any atom is 0.258 e. The minimum Gasteiger partial charge on any atom is -0.311 e. The molecule has 94 valence electrons. The number of carbonyl (C=O) groups excluding carboxylic acids is 1. The zero-order chi connectivity index (χ0) is 13.8. The molecule has 0 bridgehead atoms. The first-order valence-electron chi connectivity index (χ1n) is 5.65. The Morgan fingerprint density at radius 1 is 1.11 bits per heavy atom. The fraction of sp³-hybridized carbons (Fsp3) is 0.0667. The predicted molar refractivity (Wildman–Crippen MR) is 78.0 cm³/mol. The number of rotatable bonds is 2. The lowest BCUT2D eigenvalue weighted by Crippen LogP contribution is -2.26. The molecule has 0 aliphatic carbocycles. The van der Waals surface area contributed by atoms with Crippen LogP contribution in [0.15, 0.2) is 53.0 Å². The standard InChI is InChI=1S/C15H11BrN2O/c1-18(14-8-2-11(10-17)3-9-14)15(19)12-4-6-13(16)7-5-12/h2-9H,1H3. The summed E-state index contributed by atoms with van der Waals surface area (Å²) >= 11 is 3.34. The minimum atomic E-state index is -0.0859. The summed E-state index contributed by atoms with van der Waals surface area (Å²) in [6, 6.07) is 16.2. The van der Waals surface area contributed by atoms with Gasteiger partial charge in [0.05, 0.1) is 11.6 Å². The molecular formula is C15H11BrN2O. The summed E-state index contributed by atoms with van der Waals surface area (Å²) in [4.78, 5) is 13.8. The Morgan fingerprint density at radius 2 is 1.68 bits per heavy atom. The Bertz CT molecular complexity index is 627. The maximum atomic E-state index is 12.3. The van der Waals surface area contributed by atoms with E-state index in [2.05, 4.69) is 22.0 Å². The normalized spacial score (nSPS) is 9.74.